The van der Waals surface area contributed by atoms with E-state index in [1.165, 1.54) is 11.7 Å². The Morgan fingerprint density at radius 2 is 1.95 bits per heavy atom. The van der Waals surface area contributed by atoms with Gasteiger partial charge in [-0.05, 0) is 46.6 Å². The molecule has 22 heavy (non-hydrogen) atoms. The third-order valence-corrected chi connectivity index (χ3v) is 3.77. The number of rotatable bonds is 5. The van der Waals surface area contributed by atoms with Crippen LogP contribution in [0.1, 0.15) is 15.9 Å². The quantitative estimate of drug-likeness (QED) is 0.764. The number of ketones is 1. The van der Waals surface area contributed by atoms with Crippen molar-refractivity contribution in [2.45, 2.75) is 13.5 Å². The molecule has 0 atom stereocenters. The topological polar surface area (TPSA) is 57.5 Å². The van der Waals surface area contributed by atoms with Crippen LogP contribution in [0.15, 0.2) is 39.7 Å². The largest absolute Gasteiger partial charge is 0.497 e. The number of nitrogens with zero attached hydrogens (tertiary/aromatic N) is 1. The van der Waals surface area contributed by atoms with Crippen LogP contribution in [0.5, 0.6) is 11.5 Å². The van der Waals surface area contributed by atoms with Gasteiger partial charge in [0.15, 0.2) is 5.78 Å². The van der Waals surface area contributed by atoms with Gasteiger partial charge in [-0.25, -0.2) is 0 Å². The van der Waals surface area contributed by atoms with Crippen LogP contribution in [0, 0.1) is 6.92 Å². The molecule has 116 valence electrons. The summed E-state index contributed by atoms with van der Waals surface area (Å²) in [6.07, 6.45) is 1.65. The third-order valence-electron chi connectivity index (χ3n) is 3.20. The summed E-state index contributed by atoms with van der Waals surface area (Å²) in [7, 11) is 3.03. The molecule has 0 fully saturated rings. The molecule has 0 aliphatic carbocycles. The second-order valence-electron chi connectivity index (χ2n) is 4.79. The highest BCUT2D eigenvalue weighted by atomic mass is 79.9. The van der Waals surface area contributed by atoms with E-state index in [2.05, 4.69) is 15.9 Å². The molecule has 6 heteroatoms. The molecular weight excluding hydrogens is 350 g/mol. The van der Waals surface area contributed by atoms with Gasteiger partial charge in [-0.3, -0.25) is 9.59 Å². The van der Waals surface area contributed by atoms with Crippen molar-refractivity contribution < 1.29 is 14.3 Å². The SMILES string of the molecule is COc1ccc(C(=O)Cn2cc(C)cc(Br)c2=O)c(OC)c1. The fourth-order valence-electron chi connectivity index (χ4n) is 2.13. The van der Waals surface area contributed by atoms with Gasteiger partial charge in [-0.15, -0.1) is 0 Å². The third kappa shape index (κ3) is 3.39. The average Bonchev–Trinajstić information content (AvgIpc) is 2.51. The molecule has 1 heterocycles. The summed E-state index contributed by atoms with van der Waals surface area (Å²) in [6.45, 7) is 1.81. The van der Waals surface area contributed by atoms with Gasteiger partial charge in [0.2, 0.25) is 0 Å². The van der Waals surface area contributed by atoms with E-state index in [0.29, 0.717) is 21.5 Å². The van der Waals surface area contributed by atoms with E-state index in [1.807, 2.05) is 6.92 Å². The minimum absolute atomic E-state index is 0.0538. The van der Waals surface area contributed by atoms with E-state index in [1.54, 1.807) is 37.6 Å². The number of ether oxygens (including phenoxy) is 2. The maximum atomic E-state index is 12.5. The number of carbonyl (C=O) groups excluding carboxylic acids is 1. The van der Waals surface area contributed by atoms with Gasteiger partial charge in [-0.1, -0.05) is 0 Å². The molecule has 2 rings (SSSR count). The van der Waals surface area contributed by atoms with E-state index in [9.17, 15) is 9.59 Å². The van der Waals surface area contributed by atoms with Gasteiger partial charge < -0.3 is 14.0 Å². The molecule has 1 aromatic carbocycles. The number of Topliss-reactive ketones (excluding diaryl/α,β-unsaturated/α-hetero) is 1. The first kappa shape index (κ1) is 16.3. The molecule has 0 saturated heterocycles. The second kappa shape index (κ2) is 6.79. The summed E-state index contributed by atoms with van der Waals surface area (Å²) in [4.78, 5) is 24.5. The van der Waals surface area contributed by atoms with Crippen LogP contribution in [-0.4, -0.2) is 24.6 Å². The molecule has 5 nitrogen and oxygen atoms in total. The predicted molar refractivity (Wildman–Crippen MR) is 87.0 cm³/mol. The molecule has 0 amide bonds. The summed E-state index contributed by atoms with van der Waals surface area (Å²) >= 11 is 3.20. The van der Waals surface area contributed by atoms with Crippen LogP contribution in [0.3, 0.4) is 0 Å². The Labute approximate surface area is 136 Å². The van der Waals surface area contributed by atoms with Crippen molar-refractivity contribution in [3.05, 3.63) is 56.4 Å². The Hall–Kier alpha value is -2.08. The predicted octanol–water partition coefficient (Wildman–Crippen LogP) is 2.82. The molecule has 0 bridgehead atoms. The molecule has 0 radical (unpaired) electrons. The molecule has 0 saturated carbocycles. The summed E-state index contributed by atoms with van der Waals surface area (Å²) in [5.41, 5.74) is 1.06. The van der Waals surface area contributed by atoms with Gasteiger partial charge in [0.1, 0.15) is 11.5 Å². The number of aromatic nitrogens is 1. The Morgan fingerprint density at radius 3 is 2.59 bits per heavy atom. The standard InChI is InChI=1S/C16H16BrNO4/c1-10-6-13(17)16(20)18(8-10)9-14(19)12-5-4-11(21-2)7-15(12)22-3/h4-8H,9H2,1-3H3. The van der Waals surface area contributed by atoms with E-state index < -0.39 is 0 Å². The van der Waals surface area contributed by atoms with Crippen LogP contribution in [0.2, 0.25) is 0 Å². The van der Waals surface area contributed by atoms with E-state index >= 15 is 0 Å². The first-order valence-electron chi connectivity index (χ1n) is 6.58. The number of benzene rings is 1. The number of methoxy groups -OCH3 is 2. The van der Waals surface area contributed by atoms with Crippen molar-refractivity contribution >= 4 is 21.7 Å². The zero-order chi connectivity index (χ0) is 16.3. The number of hydrogen-bond donors (Lipinski definition) is 0. The minimum atomic E-state index is -0.244. The molecule has 0 spiro atoms. The van der Waals surface area contributed by atoms with Gasteiger partial charge in [-0.2, -0.15) is 0 Å². The lowest BCUT2D eigenvalue weighted by molar-refractivity contribution is 0.0967. The average molecular weight is 366 g/mol. The fourth-order valence-corrected chi connectivity index (χ4v) is 2.72. The van der Waals surface area contributed by atoms with Crippen LogP contribution in [-0.2, 0) is 6.54 Å². The number of pyridine rings is 1. The minimum Gasteiger partial charge on any atom is -0.497 e. The maximum absolute atomic E-state index is 12.5. The summed E-state index contributed by atoms with van der Waals surface area (Å²) < 4.78 is 12.1. The second-order valence-corrected chi connectivity index (χ2v) is 5.64. The molecule has 2 aromatic rings. The van der Waals surface area contributed by atoms with Crippen molar-refractivity contribution in [2.24, 2.45) is 0 Å². The van der Waals surface area contributed by atoms with Crippen LogP contribution < -0.4 is 15.0 Å². The van der Waals surface area contributed by atoms with Crippen molar-refractivity contribution in [1.29, 1.82) is 0 Å². The smallest absolute Gasteiger partial charge is 0.265 e. The van der Waals surface area contributed by atoms with Gasteiger partial charge in [0, 0.05) is 12.3 Å². The monoisotopic (exact) mass is 365 g/mol. The lowest BCUT2D eigenvalue weighted by Gasteiger charge is -2.11. The summed E-state index contributed by atoms with van der Waals surface area (Å²) in [5.74, 6) is 0.812. The zero-order valence-electron chi connectivity index (χ0n) is 12.6. The Balaban J connectivity index is 2.36. The molecule has 0 unspecified atom stereocenters. The van der Waals surface area contributed by atoms with Crippen molar-refractivity contribution in [2.75, 3.05) is 14.2 Å². The maximum Gasteiger partial charge on any atom is 0.265 e. The highest BCUT2D eigenvalue weighted by Crippen LogP contribution is 2.25. The molecule has 0 N–H and O–H groups in total. The van der Waals surface area contributed by atoms with Gasteiger partial charge >= 0.3 is 0 Å². The molecule has 0 aliphatic rings. The normalized spacial score (nSPS) is 10.4. The highest BCUT2D eigenvalue weighted by Gasteiger charge is 2.15. The molecular formula is C16H16BrNO4. The zero-order valence-corrected chi connectivity index (χ0v) is 14.1. The fraction of sp³-hybridized carbons (Fsp3) is 0.250. The molecule has 0 aliphatic heterocycles. The van der Waals surface area contributed by atoms with Gasteiger partial charge in [0.25, 0.3) is 5.56 Å². The van der Waals surface area contributed by atoms with E-state index in [4.69, 9.17) is 9.47 Å². The lowest BCUT2D eigenvalue weighted by Crippen LogP contribution is -2.25. The number of carbonyl (C=O) groups is 1. The van der Waals surface area contributed by atoms with Crippen LogP contribution in [0.25, 0.3) is 0 Å². The van der Waals surface area contributed by atoms with Crippen molar-refractivity contribution in [3.63, 3.8) is 0 Å². The van der Waals surface area contributed by atoms with Gasteiger partial charge in [0.05, 0.1) is 30.8 Å². The van der Waals surface area contributed by atoms with Crippen LogP contribution in [0.4, 0.5) is 0 Å². The van der Waals surface area contributed by atoms with E-state index in [0.717, 1.165) is 5.56 Å². The Bertz CT molecular complexity index is 767. The first-order chi connectivity index (χ1) is 10.5. The Kier molecular flexibility index (Phi) is 5.03. The van der Waals surface area contributed by atoms with Crippen molar-refractivity contribution in [1.82, 2.24) is 4.57 Å². The number of hydrogen-bond acceptors (Lipinski definition) is 4. The number of aryl methyl sites for hydroxylation is 1. The first-order valence-corrected chi connectivity index (χ1v) is 7.37. The van der Waals surface area contributed by atoms with E-state index in [-0.39, 0.29) is 17.9 Å². The number of halogens is 1. The lowest BCUT2D eigenvalue weighted by atomic mass is 10.1. The highest BCUT2D eigenvalue weighted by molar-refractivity contribution is 9.10. The summed E-state index contributed by atoms with van der Waals surface area (Å²) in [6, 6.07) is 6.68. The Morgan fingerprint density at radius 1 is 1.23 bits per heavy atom. The summed E-state index contributed by atoms with van der Waals surface area (Å²) in [5, 5.41) is 0. The van der Waals surface area contributed by atoms with Crippen molar-refractivity contribution in [3.8, 4) is 11.5 Å². The van der Waals surface area contributed by atoms with Crippen LogP contribution >= 0.6 is 15.9 Å². The molecule has 1 aromatic heterocycles.